The highest BCUT2D eigenvalue weighted by Crippen LogP contribution is 2.65. The van der Waals surface area contributed by atoms with Gasteiger partial charge in [-0.1, -0.05) is 47.5 Å². The van der Waals surface area contributed by atoms with Gasteiger partial charge >= 0.3 is 7.12 Å². The average Bonchev–Trinajstić information content (AvgIpc) is 3.56. The first-order valence-corrected chi connectivity index (χ1v) is 17.9. The Morgan fingerprint density at radius 2 is 1.55 bits per heavy atom. The van der Waals surface area contributed by atoms with E-state index in [4.69, 9.17) is 21.1 Å². The molecule has 0 aromatic heterocycles. The molecule has 0 radical (unpaired) electrons. The van der Waals surface area contributed by atoms with Crippen LogP contribution in [-0.2, 0) is 24.6 Å². The van der Waals surface area contributed by atoms with Gasteiger partial charge in [-0.15, -0.1) is 0 Å². The first kappa shape index (κ1) is 36.3. The fourth-order valence-corrected chi connectivity index (χ4v) is 9.32. The van der Waals surface area contributed by atoms with Gasteiger partial charge in [0.05, 0.1) is 48.8 Å². The minimum atomic E-state index is -1.83. The van der Waals surface area contributed by atoms with Crippen molar-refractivity contribution in [2.24, 2.45) is 23.7 Å². The Morgan fingerprint density at radius 1 is 0.873 bits per heavy atom. The number of amides is 4. The van der Waals surface area contributed by atoms with Crippen LogP contribution in [0, 0.1) is 29.5 Å². The normalized spacial score (nSPS) is 25.6. The molecule has 8 rings (SSSR count). The molecule has 1 saturated carbocycles. The second-order valence-corrected chi connectivity index (χ2v) is 14.6. The lowest BCUT2D eigenvalue weighted by Gasteiger charge is -2.50. The molecule has 0 bridgehead atoms. The smallest absolute Gasteiger partial charge is 0.488 e. The van der Waals surface area contributed by atoms with Crippen LogP contribution < -0.4 is 25.3 Å². The summed E-state index contributed by atoms with van der Waals surface area (Å²) in [6.45, 7) is 0. The molecular formula is C40H34BClFN3O9. The molecule has 6 atom stereocenters. The van der Waals surface area contributed by atoms with Gasteiger partial charge in [-0.3, -0.25) is 29.5 Å². The van der Waals surface area contributed by atoms with Gasteiger partial charge in [-0.25, -0.2) is 4.39 Å². The predicted molar refractivity (Wildman–Crippen MR) is 199 cm³/mol. The summed E-state index contributed by atoms with van der Waals surface area (Å²) in [5.41, 5.74) is 3.30. The monoisotopic (exact) mass is 765 g/mol. The lowest BCUT2D eigenvalue weighted by atomic mass is 9.49. The molecule has 4 aliphatic rings. The molecule has 4 aromatic carbocycles. The number of phenols is 1. The number of anilines is 2. The standard InChI is InChI=1S/C40H34BClFN3O9/c1-54-31-16-20(17-32(55-2)35(31)47)34-27-14-15-28-33(38(50)45(36(28)48)26-5-3-4-22(18-26)41(52)53)29(27)19-30-37(49)46(44-25-12-10-24(43)11-13-25)39(51)40(30,34)21-6-8-23(42)9-7-21/h3-14,16-18,28-30,33-34,44,47,52-53H,15,19H2,1-2H3/t28-,29+,30-,33-,34-,40+/m0/s1. The molecule has 2 aliphatic heterocycles. The van der Waals surface area contributed by atoms with E-state index in [1.807, 2.05) is 6.08 Å². The second-order valence-electron chi connectivity index (χ2n) is 14.1. The summed E-state index contributed by atoms with van der Waals surface area (Å²) in [6, 6.07) is 20.8. The molecule has 55 heavy (non-hydrogen) atoms. The van der Waals surface area contributed by atoms with E-state index in [-0.39, 0.29) is 46.9 Å². The number of nitrogens with one attached hydrogen (secondary N) is 1. The molecular weight excluding hydrogens is 732 g/mol. The van der Waals surface area contributed by atoms with Gasteiger partial charge in [0, 0.05) is 10.9 Å². The van der Waals surface area contributed by atoms with Gasteiger partial charge in [0.1, 0.15) is 5.82 Å². The third-order valence-electron chi connectivity index (χ3n) is 11.5. The zero-order chi connectivity index (χ0) is 38.9. The van der Waals surface area contributed by atoms with Crippen molar-refractivity contribution >= 4 is 59.2 Å². The molecule has 0 unspecified atom stereocenters. The molecule has 4 N–H and O–H groups in total. The van der Waals surface area contributed by atoms with Crippen molar-refractivity contribution in [2.45, 2.75) is 24.2 Å². The van der Waals surface area contributed by atoms with Crippen molar-refractivity contribution in [3.63, 3.8) is 0 Å². The van der Waals surface area contributed by atoms with Crippen LogP contribution in [0.15, 0.2) is 96.6 Å². The largest absolute Gasteiger partial charge is 0.502 e. The highest BCUT2D eigenvalue weighted by atomic mass is 35.5. The third-order valence-corrected chi connectivity index (χ3v) is 11.8. The summed E-state index contributed by atoms with van der Waals surface area (Å²) in [4.78, 5) is 60.0. The Bertz CT molecular complexity index is 2260. The zero-order valence-electron chi connectivity index (χ0n) is 29.5. The topological polar surface area (TPSA) is 166 Å². The fourth-order valence-electron chi connectivity index (χ4n) is 9.19. The lowest BCUT2D eigenvalue weighted by Crippen LogP contribution is -2.53. The number of benzene rings is 4. The van der Waals surface area contributed by atoms with Crippen LogP contribution in [0.25, 0.3) is 0 Å². The first-order valence-electron chi connectivity index (χ1n) is 17.6. The van der Waals surface area contributed by atoms with E-state index in [0.717, 1.165) is 9.91 Å². The molecule has 280 valence electrons. The Labute approximate surface area is 319 Å². The van der Waals surface area contributed by atoms with Gasteiger partial charge in [0.2, 0.25) is 17.6 Å². The quantitative estimate of drug-likeness (QED) is 0.117. The van der Waals surface area contributed by atoms with Crippen molar-refractivity contribution in [3.05, 3.63) is 119 Å². The minimum Gasteiger partial charge on any atom is -0.502 e. The van der Waals surface area contributed by atoms with Gasteiger partial charge in [-0.2, -0.15) is 5.01 Å². The van der Waals surface area contributed by atoms with E-state index in [1.165, 1.54) is 62.8 Å². The van der Waals surface area contributed by atoms with Crippen molar-refractivity contribution in [2.75, 3.05) is 24.5 Å². The minimum absolute atomic E-state index is 0.00704. The summed E-state index contributed by atoms with van der Waals surface area (Å²) >= 11 is 6.37. The van der Waals surface area contributed by atoms with E-state index in [9.17, 15) is 33.9 Å². The Hall–Kier alpha value is -5.70. The van der Waals surface area contributed by atoms with E-state index in [1.54, 1.807) is 36.4 Å². The first-order chi connectivity index (χ1) is 26.4. The SMILES string of the molecule is COc1cc([C@H]2C3=CC[C@@H]4C(=O)N(c5cccc(B(O)O)c5)C(=O)[C@@H]4[C@@H]3C[C@H]3C(=O)N(Nc4ccc(F)cc4)C(=O)[C@@]23c2ccc(Cl)cc2)cc(OC)c1O. The molecule has 2 saturated heterocycles. The number of nitrogens with zero attached hydrogens (tertiary/aromatic N) is 2. The summed E-state index contributed by atoms with van der Waals surface area (Å²) in [7, 11) is 0.899. The van der Waals surface area contributed by atoms with E-state index >= 15 is 4.79 Å². The number of aromatic hydroxyl groups is 1. The molecule has 4 aromatic rings. The molecule has 0 spiro atoms. The average molecular weight is 766 g/mol. The number of ether oxygens (including phenoxy) is 2. The van der Waals surface area contributed by atoms with Gasteiger partial charge in [-0.05, 0) is 96.0 Å². The molecule has 2 heterocycles. The molecule has 4 amide bonds. The third kappa shape index (κ3) is 5.49. The predicted octanol–water partition coefficient (Wildman–Crippen LogP) is 4.07. The van der Waals surface area contributed by atoms with Gasteiger partial charge in [0.25, 0.3) is 11.8 Å². The summed E-state index contributed by atoms with van der Waals surface area (Å²) in [5, 5.41) is 32.0. The maximum Gasteiger partial charge on any atom is 0.488 e. The Balaban J connectivity index is 1.34. The number of carbonyl (C=O) groups excluding carboxylic acids is 4. The number of carbonyl (C=O) groups is 4. The fraction of sp³-hybridized carbons (Fsp3) is 0.250. The van der Waals surface area contributed by atoms with Crippen LogP contribution >= 0.6 is 11.6 Å². The van der Waals surface area contributed by atoms with Crippen LogP contribution in [0.5, 0.6) is 17.2 Å². The van der Waals surface area contributed by atoms with Gasteiger partial charge in [0.15, 0.2) is 11.5 Å². The number of hydrogen-bond donors (Lipinski definition) is 4. The van der Waals surface area contributed by atoms with Crippen LogP contribution in [0.4, 0.5) is 15.8 Å². The number of rotatable bonds is 8. The number of hydrazine groups is 1. The number of methoxy groups -OCH3 is 2. The second kappa shape index (κ2) is 13.6. The summed E-state index contributed by atoms with van der Waals surface area (Å²) in [6.07, 6.45) is 1.99. The molecule has 15 heteroatoms. The van der Waals surface area contributed by atoms with E-state index in [0.29, 0.717) is 21.7 Å². The number of imide groups is 2. The highest BCUT2D eigenvalue weighted by Gasteiger charge is 2.70. The zero-order valence-corrected chi connectivity index (χ0v) is 30.2. The van der Waals surface area contributed by atoms with Crippen LogP contribution in [0.1, 0.15) is 29.9 Å². The Kier molecular flexibility index (Phi) is 8.94. The van der Waals surface area contributed by atoms with Crippen molar-refractivity contribution in [1.82, 2.24) is 5.01 Å². The molecule has 3 fully saturated rings. The summed E-state index contributed by atoms with van der Waals surface area (Å²) < 4.78 is 25.0. The van der Waals surface area contributed by atoms with Crippen molar-refractivity contribution in [3.8, 4) is 17.2 Å². The van der Waals surface area contributed by atoms with Crippen molar-refractivity contribution < 1.29 is 48.2 Å². The maximum atomic E-state index is 15.4. The summed E-state index contributed by atoms with van der Waals surface area (Å²) in [5.74, 6) is -7.52. The number of fused-ring (bicyclic) bond motifs is 4. The molecule has 2 aliphatic carbocycles. The van der Waals surface area contributed by atoms with Crippen LogP contribution in [0.2, 0.25) is 5.02 Å². The number of phenolic OH excluding ortho intramolecular Hbond substituents is 1. The van der Waals surface area contributed by atoms with Crippen LogP contribution in [-0.4, -0.2) is 65.1 Å². The number of hydrogen-bond acceptors (Lipinski definition) is 10. The number of allylic oxidation sites excluding steroid dienone is 2. The number of halogens is 2. The molecule has 12 nitrogen and oxygen atoms in total. The van der Waals surface area contributed by atoms with E-state index in [2.05, 4.69) is 5.43 Å². The maximum absolute atomic E-state index is 15.4. The van der Waals surface area contributed by atoms with Gasteiger partial charge < -0.3 is 24.6 Å². The van der Waals surface area contributed by atoms with Crippen molar-refractivity contribution in [1.29, 1.82) is 0 Å². The Morgan fingerprint density at radius 3 is 2.18 bits per heavy atom. The van der Waals surface area contributed by atoms with E-state index < -0.39 is 71.6 Å². The van der Waals surface area contributed by atoms with Crippen LogP contribution in [0.3, 0.4) is 0 Å². The lowest BCUT2D eigenvalue weighted by molar-refractivity contribution is -0.138. The highest BCUT2D eigenvalue weighted by molar-refractivity contribution is 6.58.